The monoisotopic (exact) mass is 471 g/mol. The van der Waals surface area contributed by atoms with Crippen molar-refractivity contribution in [1.82, 2.24) is 4.90 Å². The third-order valence-corrected chi connectivity index (χ3v) is 7.23. The highest BCUT2D eigenvalue weighted by atomic mass is 16.5. The average Bonchev–Trinajstić information content (AvgIpc) is 3.03. The van der Waals surface area contributed by atoms with Crippen LogP contribution < -0.4 is 9.64 Å². The van der Waals surface area contributed by atoms with Gasteiger partial charge in [-0.1, -0.05) is 42.5 Å². The van der Waals surface area contributed by atoms with Gasteiger partial charge in [0.1, 0.15) is 18.3 Å². The van der Waals surface area contributed by atoms with Crippen LogP contribution in [-0.2, 0) is 21.5 Å². The van der Waals surface area contributed by atoms with Gasteiger partial charge in [0.2, 0.25) is 5.72 Å². The van der Waals surface area contributed by atoms with Crippen LogP contribution in [0.1, 0.15) is 25.0 Å². The van der Waals surface area contributed by atoms with Crippen LogP contribution in [0.2, 0.25) is 0 Å². The van der Waals surface area contributed by atoms with Crippen molar-refractivity contribution < 1.29 is 19.4 Å². The van der Waals surface area contributed by atoms with Crippen molar-refractivity contribution in [3.8, 4) is 5.75 Å². The molecule has 1 unspecified atom stereocenters. The van der Waals surface area contributed by atoms with Gasteiger partial charge in [0.25, 0.3) is 0 Å². The SMILES string of the molecule is CC1(C)c2ccccc2N(CCO)C12C=Nc1c(c(CN(CC=O)CC=O)cc3ccccc13)O2. The van der Waals surface area contributed by atoms with Gasteiger partial charge in [-0.2, -0.15) is 0 Å². The summed E-state index contributed by atoms with van der Waals surface area (Å²) in [4.78, 5) is 31.4. The summed E-state index contributed by atoms with van der Waals surface area (Å²) in [6.07, 6.45) is 3.48. The summed E-state index contributed by atoms with van der Waals surface area (Å²) in [7, 11) is 0. The summed E-state index contributed by atoms with van der Waals surface area (Å²) in [5.41, 5.74) is 2.28. The Morgan fingerprint density at radius 2 is 1.77 bits per heavy atom. The molecule has 5 rings (SSSR count). The zero-order valence-corrected chi connectivity index (χ0v) is 20.0. The van der Waals surface area contributed by atoms with Crippen molar-refractivity contribution in [3.05, 3.63) is 65.7 Å². The molecule has 0 aliphatic carbocycles. The summed E-state index contributed by atoms with van der Waals surface area (Å²) >= 11 is 0. The van der Waals surface area contributed by atoms with Crippen LogP contribution in [0.5, 0.6) is 5.75 Å². The van der Waals surface area contributed by atoms with Crippen molar-refractivity contribution in [2.24, 2.45) is 4.99 Å². The number of hydrogen-bond acceptors (Lipinski definition) is 7. The molecule has 1 N–H and O–H groups in total. The molecule has 0 radical (unpaired) electrons. The van der Waals surface area contributed by atoms with Crippen molar-refractivity contribution in [2.75, 3.05) is 31.1 Å². The molecule has 35 heavy (non-hydrogen) atoms. The first-order valence-corrected chi connectivity index (χ1v) is 11.8. The van der Waals surface area contributed by atoms with Gasteiger partial charge in [0, 0.05) is 29.7 Å². The Morgan fingerprint density at radius 1 is 1.06 bits per heavy atom. The molecule has 0 amide bonds. The first-order valence-electron chi connectivity index (χ1n) is 11.8. The van der Waals surface area contributed by atoms with Crippen LogP contribution in [0.3, 0.4) is 0 Å². The Bertz CT molecular complexity index is 1310. The minimum Gasteiger partial charge on any atom is -0.459 e. The lowest BCUT2D eigenvalue weighted by Gasteiger charge is -2.46. The number of anilines is 1. The zero-order valence-electron chi connectivity index (χ0n) is 20.0. The molecule has 1 spiro atoms. The van der Waals surface area contributed by atoms with Crippen LogP contribution in [0.4, 0.5) is 11.4 Å². The molecule has 0 bridgehead atoms. The maximum absolute atomic E-state index is 11.3. The Kier molecular flexibility index (Phi) is 5.91. The van der Waals surface area contributed by atoms with Crippen molar-refractivity contribution in [2.45, 2.75) is 31.5 Å². The number of carbonyl (C=O) groups is 2. The molecule has 0 saturated heterocycles. The number of aldehydes is 2. The van der Waals surface area contributed by atoms with E-state index < -0.39 is 11.1 Å². The number of fused-ring (bicyclic) bond motifs is 4. The molecule has 3 aromatic rings. The summed E-state index contributed by atoms with van der Waals surface area (Å²) in [5.74, 6) is 0.636. The first-order chi connectivity index (χ1) is 17.0. The lowest BCUT2D eigenvalue weighted by molar-refractivity contribution is -0.111. The number of benzene rings is 3. The van der Waals surface area contributed by atoms with Gasteiger partial charge in [0.15, 0.2) is 5.75 Å². The van der Waals surface area contributed by atoms with E-state index in [1.165, 1.54) is 0 Å². The van der Waals surface area contributed by atoms with E-state index in [0.29, 0.717) is 18.8 Å². The standard InChI is InChI=1S/C28H29N3O4/c1-27(2)23-9-5-6-10-24(23)31(13-16-34)28(27)19-29-25-22-8-4-3-7-20(22)17-21(26(25)35-28)18-30(11-14-32)12-15-33/h3-10,14-15,17,19,34H,11-13,16,18H2,1-2H3. The van der Waals surface area contributed by atoms with Crippen molar-refractivity contribution >= 4 is 40.9 Å². The van der Waals surface area contributed by atoms with Crippen molar-refractivity contribution in [3.63, 3.8) is 0 Å². The van der Waals surface area contributed by atoms with Gasteiger partial charge < -0.3 is 24.3 Å². The molecular formula is C28H29N3O4. The van der Waals surface area contributed by atoms with E-state index >= 15 is 0 Å². The second-order valence-electron chi connectivity index (χ2n) is 9.54. The third kappa shape index (κ3) is 3.54. The van der Waals surface area contributed by atoms with Crippen LogP contribution in [0.15, 0.2) is 59.6 Å². The number of carbonyl (C=O) groups excluding carboxylic acids is 2. The largest absolute Gasteiger partial charge is 0.459 e. The average molecular weight is 472 g/mol. The minimum atomic E-state index is -0.955. The Labute approximate surface area is 204 Å². The van der Waals surface area contributed by atoms with E-state index in [1.54, 1.807) is 4.90 Å². The minimum absolute atomic E-state index is 0.0345. The van der Waals surface area contributed by atoms with Gasteiger partial charge in [-0.05, 0) is 36.9 Å². The van der Waals surface area contributed by atoms with E-state index in [4.69, 9.17) is 9.73 Å². The summed E-state index contributed by atoms with van der Waals surface area (Å²) < 4.78 is 7.00. The number of aliphatic imine (C=N–C) groups is 1. The van der Waals surface area contributed by atoms with Crippen LogP contribution in [-0.4, -0.2) is 60.8 Å². The molecule has 2 heterocycles. The molecule has 0 saturated carbocycles. The van der Waals surface area contributed by atoms with Gasteiger partial charge in [0.05, 0.1) is 31.3 Å². The number of hydrogen-bond donors (Lipinski definition) is 1. The second kappa shape index (κ2) is 8.91. The summed E-state index contributed by atoms with van der Waals surface area (Å²) in [5, 5.41) is 11.9. The van der Waals surface area contributed by atoms with E-state index in [-0.39, 0.29) is 19.7 Å². The Balaban J connectivity index is 1.70. The number of rotatable bonds is 8. The highest BCUT2D eigenvalue weighted by molar-refractivity contribution is 6.01. The second-order valence-corrected chi connectivity index (χ2v) is 9.54. The fourth-order valence-electron chi connectivity index (χ4n) is 5.46. The van der Waals surface area contributed by atoms with Crippen LogP contribution >= 0.6 is 0 Å². The van der Waals surface area contributed by atoms with Gasteiger partial charge >= 0.3 is 0 Å². The molecule has 3 aromatic carbocycles. The Morgan fingerprint density at radius 3 is 2.51 bits per heavy atom. The number of ether oxygens (including phenoxy) is 1. The van der Waals surface area contributed by atoms with E-state index in [0.717, 1.165) is 45.8 Å². The van der Waals surface area contributed by atoms with Crippen LogP contribution in [0, 0.1) is 0 Å². The zero-order chi connectivity index (χ0) is 24.6. The molecule has 180 valence electrons. The van der Waals surface area contributed by atoms with E-state index in [1.807, 2.05) is 48.7 Å². The number of para-hydroxylation sites is 1. The lowest BCUT2D eigenvalue weighted by Crippen LogP contribution is -2.62. The summed E-state index contributed by atoms with van der Waals surface area (Å²) in [6.45, 7) is 5.26. The van der Waals surface area contributed by atoms with E-state index in [9.17, 15) is 14.7 Å². The number of aliphatic hydroxyl groups excluding tert-OH is 1. The predicted octanol–water partition coefficient (Wildman–Crippen LogP) is 3.62. The smallest absolute Gasteiger partial charge is 0.229 e. The number of β-amino-alcohol motifs (C(OH)–C–C–N with tert-alkyl or cyclic N) is 1. The molecule has 1 atom stereocenters. The molecule has 2 aliphatic heterocycles. The number of aliphatic hydroxyl groups is 1. The normalized spacial score (nSPS) is 19.6. The molecule has 0 aromatic heterocycles. The molecule has 7 nitrogen and oxygen atoms in total. The maximum Gasteiger partial charge on any atom is 0.229 e. The molecule has 2 aliphatic rings. The topological polar surface area (TPSA) is 82.4 Å². The highest BCUT2D eigenvalue weighted by Crippen LogP contribution is 2.55. The van der Waals surface area contributed by atoms with Gasteiger partial charge in [-0.3, -0.25) is 9.89 Å². The quantitative estimate of drug-likeness (QED) is 0.506. The highest BCUT2D eigenvalue weighted by Gasteiger charge is 2.59. The maximum atomic E-state index is 11.3. The van der Waals surface area contributed by atoms with Crippen LogP contribution in [0.25, 0.3) is 10.8 Å². The third-order valence-electron chi connectivity index (χ3n) is 7.23. The van der Waals surface area contributed by atoms with Gasteiger partial charge in [-0.25, -0.2) is 0 Å². The number of nitrogens with zero attached hydrogens (tertiary/aromatic N) is 3. The van der Waals surface area contributed by atoms with Crippen molar-refractivity contribution in [1.29, 1.82) is 0 Å². The molecular weight excluding hydrogens is 442 g/mol. The summed E-state index contributed by atoms with van der Waals surface area (Å²) in [6, 6.07) is 18.2. The van der Waals surface area contributed by atoms with Gasteiger partial charge in [-0.15, -0.1) is 0 Å². The lowest BCUT2D eigenvalue weighted by atomic mass is 9.77. The Hall–Kier alpha value is -3.55. The predicted molar refractivity (Wildman–Crippen MR) is 137 cm³/mol. The molecule has 7 heteroatoms. The van der Waals surface area contributed by atoms with E-state index in [2.05, 4.69) is 30.9 Å². The molecule has 0 fully saturated rings. The fourth-order valence-corrected chi connectivity index (χ4v) is 5.46. The first kappa shape index (κ1) is 23.2. The fraction of sp³-hybridized carbons (Fsp3) is 0.321.